The molecule has 1 atom stereocenters. The average molecular weight is 431 g/mol. The maximum atomic E-state index is 12.3. The van der Waals surface area contributed by atoms with Crippen LogP contribution in [0.15, 0.2) is 60.1 Å². The number of hydrogen-bond donors (Lipinski definition) is 2. The highest BCUT2D eigenvalue weighted by Gasteiger charge is 2.16. The molecule has 2 heterocycles. The topological polar surface area (TPSA) is 66.5 Å². The molecule has 152 valence electrons. The summed E-state index contributed by atoms with van der Waals surface area (Å²) >= 11 is 7.97. The maximum absolute atomic E-state index is 12.3. The molecule has 0 aliphatic rings. The van der Waals surface area contributed by atoms with E-state index in [0.717, 1.165) is 5.69 Å². The molecule has 29 heavy (non-hydrogen) atoms. The number of urea groups is 1. The molecule has 3 rings (SSSR count). The van der Waals surface area contributed by atoms with Gasteiger partial charge in [0.05, 0.1) is 16.8 Å². The number of hydrogen-bond acceptors (Lipinski definition) is 5. The minimum atomic E-state index is -0.286. The van der Waals surface area contributed by atoms with Crippen LogP contribution in [0.5, 0.6) is 5.75 Å². The average Bonchev–Trinajstić information content (AvgIpc) is 3.22. The van der Waals surface area contributed by atoms with E-state index in [9.17, 15) is 4.79 Å². The summed E-state index contributed by atoms with van der Waals surface area (Å²) in [6.07, 6.45) is 1.71. The van der Waals surface area contributed by atoms with E-state index in [0.29, 0.717) is 29.6 Å². The number of carbonyl (C=O) groups is 1. The highest BCUT2D eigenvalue weighted by molar-refractivity contribution is 7.10. The van der Waals surface area contributed by atoms with Crippen LogP contribution in [0.4, 0.5) is 10.5 Å². The largest absolute Gasteiger partial charge is 0.486 e. The van der Waals surface area contributed by atoms with Gasteiger partial charge in [-0.2, -0.15) is 0 Å². The van der Waals surface area contributed by atoms with E-state index in [4.69, 9.17) is 16.3 Å². The van der Waals surface area contributed by atoms with Gasteiger partial charge in [0.1, 0.15) is 12.4 Å². The van der Waals surface area contributed by atoms with Crippen LogP contribution in [-0.4, -0.2) is 36.6 Å². The molecular weight excluding hydrogens is 408 g/mol. The molecule has 0 radical (unpaired) electrons. The number of nitrogens with zero attached hydrogens (tertiary/aromatic N) is 2. The Kier molecular flexibility index (Phi) is 7.46. The number of likely N-dealkylation sites (N-methyl/N-ethyl adjacent to an activating group) is 1. The van der Waals surface area contributed by atoms with Gasteiger partial charge in [-0.25, -0.2) is 4.79 Å². The monoisotopic (exact) mass is 430 g/mol. The van der Waals surface area contributed by atoms with Crippen molar-refractivity contribution >= 4 is 34.7 Å². The van der Waals surface area contributed by atoms with Crippen LogP contribution in [0.1, 0.15) is 16.6 Å². The predicted molar refractivity (Wildman–Crippen MR) is 118 cm³/mol. The van der Waals surface area contributed by atoms with Gasteiger partial charge in [0.15, 0.2) is 0 Å². The van der Waals surface area contributed by atoms with Crippen molar-refractivity contribution < 1.29 is 9.53 Å². The molecule has 2 amide bonds. The van der Waals surface area contributed by atoms with Crippen molar-refractivity contribution in [2.45, 2.75) is 12.6 Å². The second kappa shape index (κ2) is 10.2. The van der Waals surface area contributed by atoms with Gasteiger partial charge in [0, 0.05) is 23.3 Å². The molecule has 0 spiro atoms. The van der Waals surface area contributed by atoms with E-state index >= 15 is 0 Å². The first-order valence-corrected chi connectivity index (χ1v) is 10.4. The Hall–Kier alpha value is -2.61. The van der Waals surface area contributed by atoms with Crippen molar-refractivity contribution in [1.29, 1.82) is 0 Å². The first-order valence-electron chi connectivity index (χ1n) is 9.10. The van der Waals surface area contributed by atoms with E-state index in [1.54, 1.807) is 35.7 Å². The van der Waals surface area contributed by atoms with E-state index in [1.807, 2.05) is 43.7 Å². The van der Waals surface area contributed by atoms with Gasteiger partial charge in [0.2, 0.25) is 0 Å². The molecule has 1 aromatic carbocycles. The standard InChI is InChI=1S/C21H23ClN4O2S/c1-26(2)18(20-7-5-11-29-20)13-24-21(27)25-15-8-9-19(17(22)12-15)28-14-16-6-3-4-10-23-16/h3-12,18H,13-14H2,1-2H3,(H2,24,25,27). The second-order valence-electron chi connectivity index (χ2n) is 6.58. The minimum absolute atomic E-state index is 0.117. The molecule has 0 fully saturated rings. The van der Waals surface area contributed by atoms with Crippen molar-refractivity contribution in [2.75, 3.05) is 26.0 Å². The van der Waals surface area contributed by atoms with E-state index in [-0.39, 0.29) is 12.1 Å². The molecule has 3 aromatic rings. The van der Waals surface area contributed by atoms with Crippen LogP contribution in [0, 0.1) is 0 Å². The number of carbonyl (C=O) groups excluding carboxylic acids is 1. The fraction of sp³-hybridized carbons (Fsp3) is 0.238. The molecule has 0 aliphatic heterocycles. The number of rotatable bonds is 8. The summed E-state index contributed by atoms with van der Waals surface area (Å²) in [5, 5.41) is 8.17. The first kappa shape index (κ1) is 21.1. The number of halogens is 1. The Bertz CT molecular complexity index is 920. The van der Waals surface area contributed by atoms with Gasteiger partial charge in [-0.15, -0.1) is 11.3 Å². The Labute approximate surface area is 179 Å². The SMILES string of the molecule is CN(C)C(CNC(=O)Nc1ccc(OCc2ccccn2)c(Cl)c1)c1cccs1. The number of ether oxygens (including phenoxy) is 1. The molecule has 0 aliphatic carbocycles. The maximum Gasteiger partial charge on any atom is 0.319 e. The van der Waals surface area contributed by atoms with Crippen molar-refractivity contribution in [3.8, 4) is 5.75 Å². The van der Waals surface area contributed by atoms with Gasteiger partial charge in [-0.1, -0.05) is 23.7 Å². The summed E-state index contributed by atoms with van der Waals surface area (Å²) in [7, 11) is 3.99. The van der Waals surface area contributed by atoms with Gasteiger partial charge in [0.25, 0.3) is 0 Å². The number of nitrogens with one attached hydrogen (secondary N) is 2. The van der Waals surface area contributed by atoms with Crippen LogP contribution in [0.25, 0.3) is 0 Å². The molecule has 8 heteroatoms. The van der Waals surface area contributed by atoms with E-state index in [2.05, 4.69) is 26.6 Å². The molecule has 0 saturated carbocycles. The number of anilines is 1. The number of pyridine rings is 1. The Morgan fingerprint density at radius 1 is 1.24 bits per heavy atom. The molecular formula is C21H23ClN4O2S. The third kappa shape index (κ3) is 6.19. The molecule has 2 aromatic heterocycles. The lowest BCUT2D eigenvalue weighted by atomic mass is 10.2. The summed E-state index contributed by atoms with van der Waals surface area (Å²) in [6.45, 7) is 0.820. The van der Waals surface area contributed by atoms with Crippen molar-refractivity contribution in [2.24, 2.45) is 0 Å². The van der Waals surface area contributed by atoms with Crippen molar-refractivity contribution in [3.63, 3.8) is 0 Å². The molecule has 6 nitrogen and oxygen atoms in total. The van der Waals surface area contributed by atoms with Crippen LogP contribution in [-0.2, 0) is 6.61 Å². The number of amides is 2. The van der Waals surface area contributed by atoms with Crippen LogP contribution in [0.3, 0.4) is 0 Å². The normalized spacial score (nSPS) is 11.9. The minimum Gasteiger partial charge on any atom is -0.486 e. The third-order valence-electron chi connectivity index (χ3n) is 4.24. The lowest BCUT2D eigenvalue weighted by Gasteiger charge is -2.23. The van der Waals surface area contributed by atoms with E-state index in [1.165, 1.54) is 4.88 Å². The first-order chi connectivity index (χ1) is 14.0. The molecule has 1 unspecified atom stereocenters. The molecule has 2 N–H and O–H groups in total. The van der Waals surface area contributed by atoms with Gasteiger partial charge in [-0.05, 0) is 55.9 Å². The quantitative estimate of drug-likeness (QED) is 0.538. The molecule has 0 bridgehead atoms. The fourth-order valence-corrected chi connectivity index (χ4v) is 3.87. The molecule has 0 saturated heterocycles. The zero-order chi connectivity index (χ0) is 20.6. The van der Waals surface area contributed by atoms with Crippen molar-refractivity contribution in [3.05, 3.63) is 75.7 Å². The zero-order valence-corrected chi connectivity index (χ0v) is 17.8. The Morgan fingerprint density at radius 3 is 2.76 bits per heavy atom. The van der Waals surface area contributed by atoms with E-state index < -0.39 is 0 Å². The summed E-state index contributed by atoms with van der Waals surface area (Å²) in [4.78, 5) is 19.8. The number of thiophene rings is 1. The second-order valence-corrected chi connectivity index (χ2v) is 7.97. The third-order valence-corrected chi connectivity index (χ3v) is 5.51. The van der Waals surface area contributed by atoms with Gasteiger partial charge < -0.3 is 20.3 Å². The lowest BCUT2D eigenvalue weighted by Crippen LogP contribution is -2.36. The van der Waals surface area contributed by atoms with Crippen LogP contribution >= 0.6 is 22.9 Å². The zero-order valence-electron chi connectivity index (χ0n) is 16.3. The van der Waals surface area contributed by atoms with Crippen LogP contribution in [0.2, 0.25) is 5.02 Å². The lowest BCUT2D eigenvalue weighted by molar-refractivity contribution is 0.244. The fourth-order valence-electron chi connectivity index (χ4n) is 2.71. The highest BCUT2D eigenvalue weighted by Crippen LogP contribution is 2.28. The Balaban J connectivity index is 1.53. The number of aromatic nitrogens is 1. The van der Waals surface area contributed by atoms with Crippen molar-refractivity contribution in [1.82, 2.24) is 15.2 Å². The summed E-state index contributed by atoms with van der Waals surface area (Å²) < 4.78 is 5.70. The summed E-state index contributed by atoms with van der Waals surface area (Å²) in [5.41, 5.74) is 1.40. The Morgan fingerprint density at radius 2 is 2.10 bits per heavy atom. The summed E-state index contributed by atoms with van der Waals surface area (Å²) in [5.74, 6) is 0.536. The van der Waals surface area contributed by atoms with Crippen LogP contribution < -0.4 is 15.4 Å². The van der Waals surface area contributed by atoms with Gasteiger partial charge in [-0.3, -0.25) is 4.98 Å². The highest BCUT2D eigenvalue weighted by atomic mass is 35.5. The van der Waals surface area contributed by atoms with Gasteiger partial charge >= 0.3 is 6.03 Å². The predicted octanol–water partition coefficient (Wildman–Crippen LogP) is 4.80. The smallest absolute Gasteiger partial charge is 0.319 e. The summed E-state index contributed by atoms with van der Waals surface area (Å²) in [6, 6.07) is 14.7. The number of benzene rings is 1.